The molecule has 0 heterocycles. The summed E-state index contributed by atoms with van der Waals surface area (Å²) in [4.78, 5) is 0. The average molecular weight is 435 g/mol. The molecule has 32 heavy (non-hydrogen) atoms. The Hall–Kier alpha value is -1.63. The number of hydrogen-bond acceptors (Lipinski definition) is 0. The highest BCUT2D eigenvalue weighted by Gasteiger charge is 2.35. The van der Waals surface area contributed by atoms with Crippen molar-refractivity contribution in [2.45, 2.75) is 103 Å². The lowest BCUT2D eigenvalue weighted by Crippen LogP contribution is -2.30. The monoisotopic (exact) mass is 434 g/mol. The van der Waals surface area contributed by atoms with Crippen molar-refractivity contribution in [3.8, 4) is 0 Å². The number of fused-ring (bicyclic) bond motifs is 2. The van der Waals surface area contributed by atoms with Gasteiger partial charge < -0.3 is 0 Å². The lowest BCUT2D eigenvalue weighted by Gasteiger charge is -2.42. The zero-order valence-corrected chi connectivity index (χ0v) is 20.3. The molecule has 0 radical (unpaired) electrons. The van der Waals surface area contributed by atoms with Crippen LogP contribution in [-0.2, 0) is 6.42 Å². The highest BCUT2D eigenvalue weighted by atomic mass is 19.1. The zero-order chi connectivity index (χ0) is 22.3. The van der Waals surface area contributed by atoms with E-state index >= 15 is 0 Å². The van der Waals surface area contributed by atoms with Crippen molar-refractivity contribution in [3.63, 3.8) is 0 Å². The smallest absolute Gasteiger partial charge is 0.134 e. The first kappa shape index (κ1) is 23.5. The summed E-state index contributed by atoms with van der Waals surface area (Å²) < 4.78 is 14.9. The molecule has 174 valence electrons. The van der Waals surface area contributed by atoms with Crippen LogP contribution in [0.1, 0.15) is 107 Å². The van der Waals surface area contributed by atoms with Gasteiger partial charge in [0.15, 0.2) is 0 Å². The van der Waals surface area contributed by atoms with Crippen molar-refractivity contribution in [1.82, 2.24) is 0 Å². The number of allylic oxidation sites excluding steroid dienone is 1. The maximum Gasteiger partial charge on any atom is 0.134 e. The molecule has 1 heteroatoms. The van der Waals surface area contributed by atoms with Gasteiger partial charge in [-0.25, -0.2) is 4.39 Å². The van der Waals surface area contributed by atoms with Crippen LogP contribution in [0.3, 0.4) is 0 Å². The van der Waals surface area contributed by atoms with Gasteiger partial charge in [-0.05, 0) is 85.1 Å². The second-order valence-corrected chi connectivity index (χ2v) is 10.8. The van der Waals surface area contributed by atoms with E-state index in [0.717, 1.165) is 46.9 Å². The van der Waals surface area contributed by atoms with Crippen LogP contribution in [-0.4, -0.2) is 0 Å². The molecule has 2 aromatic rings. The molecule has 2 aliphatic rings. The summed E-state index contributed by atoms with van der Waals surface area (Å²) in [5.74, 6) is 3.50. The SMILES string of the molecule is C=CCCc1ccc2cc(C3CCC4CC(CCCCCCC)CCC4C3)ccc2c1F. The predicted molar refractivity (Wildman–Crippen MR) is 137 cm³/mol. The molecule has 2 fully saturated rings. The minimum absolute atomic E-state index is 0.0346. The molecular formula is C31H43F. The van der Waals surface area contributed by atoms with Gasteiger partial charge in [0.1, 0.15) is 5.82 Å². The standard InChI is InChI=1S/C31H43F/c1-3-5-7-8-9-10-23-12-13-26-21-27(16-15-25(26)20-23)28-18-19-30-29(22-28)17-14-24(31(30)32)11-6-4-2/h4,14,17-19,22-23,25-27H,2-3,5-13,15-16,20-21H2,1H3. The minimum Gasteiger partial charge on any atom is -0.206 e. The third-order valence-corrected chi connectivity index (χ3v) is 8.58. The summed E-state index contributed by atoms with van der Waals surface area (Å²) in [5, 5.41) is 1.85. The molecule has 4 unspecified atom stereocenters. The Balaban J connectivity index is 1.34. The van der Waals surface area contributed by atoms with Crippen LogP contribution < -0.4 is 0 Å². The maximum atomic E-state index is 14.9. The van der Waals surface area contributed by atoms with E-state index in [9.17, 15) is 4.39 Å². The van der Waals surface area contributed by atoms with Gasteiger partial charge in [-0.1, -0.05) is 88.3 Å². The Morgan fingerprint density at radius 1 is 0.938 bits per heavy atom. The Morgan fingerprint density at radius 3 is 2.59 bits per heavy atom. The largest absolute Gasteiger partial charge is 0.206 e. The average Bonchev–Trinajstić information content (AvgIpc) is 2.83. The minimum atomic E-state index is -0.0346. The van der Waals surface area contributed by atoms with Gasteiger partial charge in [-0.15, -0.1) is 6.58 Å². The number of unbranched alkanes of at least 4 members (excludes halogenated alkanes) is 4. The number of benzene rings is 2. The molecule has 2 saturated carbocycles. The topological polar surface area (TPSA) is 0 Å². The van der Waals surface area contributed by atoms with E-state index < -0.39 is 0 Å². The molecule has 0 aliphatic heterocycles. The molecule has 4 atom stereocenters. The highest BCUT2D eigenvalue weighted by Crippen LogP contribution is 2.48. The summed E-state index contributed by atoms with van der Waals surface area (Å²) in [6.07, 6.45) is 20.4. The van der Waals surface area contributed by atoms with Crippen LogP contribution in [0.2, 0.25) is 0 Å². The molecule has 0 aromatic heterocycles. The first-order valence-corrected chi connectivity index (χ1v) is 13.5. The van der Waals surface area contributed by atoms with Crippen molar-refractivity contribution in [2.24, 2.45) is 17.8 Å². The zero-order valence-electron chi connectivity index (χ0n) is 20.3. The first-order valence-electron chi connectivity index (χ1n) is 13.5. The van der Waals surface area contributed by atoms with Crippen molar-refractivity contribution in [3.05, 3.63) is 59.9 Å². The van der Waals surface area contributed by atoms with E-state index in [4.69, 9.17) is 0 Å². The summed E-state index contributed by atoms with van der Waals surface area (Å²) in [7, 11) is 0. The third kappa shape index (κ3) is 5.64. The Morgan fingerprint density at radius 2 is 1.75 bits per heavy atom. The fourth-order valence-corrected chi connectivity index (χ4v) is 6.65. The summed E-state index contributed by atoms with van der Waals surface area (Å²) >= 11 is 0. The normalized spacial score (nSPS) is 25.6. The molecular weight excluding hydrogens is 391 g/mol. The molecule has 0 spiro atoms. The van der Waals surface area contributed by atoms with Crippen LogP contribution >= 0.6 is 0 Å². The van der Waals surface area contributed by atoms with Gasteiger partial charge >= 0.3 is 0 Å². The van der Waals surface area contributed by atoms with Gasteiger partial charge in [0.05, 0.1) is 0 Å². The third-order valence-electron chi connectivity index (χ3n) is 8.58. The van der Waals surface area contributed by atoms with E-state index in [1.807, 2.05) is 18.2 Å². The van der Waals surface area contributed by atoms with Crippen molar-refractivity contribution in [2.75, 3.05) is 0 Å². The molecule has 0 nitrogen and oxygen atoms in total. The quantitative estimate of drug-likeness (QED) is 0.258. The van der Waals surface area contributed by atoms with E-state index in [2.05, 4.69) is 31.7 Å². The van der Waals surface area contributed by atoms with Crippen molar-refractivity contribution in [1.29, 1.82) is 0 Å². The van der Waals surface area contributed by atoms with Gasteiger partial charge in [0, 0.05) is 5.39 Å². The predicted octanol–water partition coefficient (Wildman–Crippen LogP) is 9.76. The fraction of sp³-hybridized carbons (Fsp3) is 0.613. The Kier molecular flexibility index (Phi) is 8.44. The van der Waals surface area contributed by atoms with Gasteiger partial charge in [0.25, 0.3) is 0 Å². The molecule has 2 aliphatic carbocycles. The van der Waals surface area contributed by atoms with Crippen LogP contribution in [0.25, 0.3) is 10.8 Å². The lowest BCUT2D eigenvalue weighted by atomic mass is 9.63. The molecule has 0 amide bonds. The van der Waals surface area contributed by atoms with Gasteiger partial charge in [-0.2, -0.15) is 0 Å². The molecule has 0 saturated heterocycles. The summed E-state index contributed by atoms with van der Waals surface area (Å²) in [5.41, 5.74) is 2.25. The molecule has 0 N–H and O–H groups in total. The number of hydrogen-bond donors (Lipinski definition) is 0. The molecule has 2 aromatic carbocycles. The number of rotatable bonds is 10. The van der Waals surface area contributed by atoms with Crippen molar-refractivity contribution >= 4 is 10.8 Å². The van der Waals surface area contributed by atoms with Crippen LogP contribution in [0, 0.1) is 23.6 Å². The van der Waals surface area contributed by atoms with E-state index in [0.29, 0.717) is 5.92 Å². The molecule has 0 bridgehead atoms. The Bertz CT molecular complexity index is 881. The fourth-order valence-electron chi connectivity index (χ4n) is 6.65. The van der Waals surface area contributed by atoms with E-state index in [-0.39, 0.29) is 5.82 Å². The van der Waals surface area contributed by atoms with Crippen LogP contribution in [0.5, 0.6) is 0 Å². The Labute approximate surface area is 195 Å². The van der Waals surface area contributed by atoms with Crippen LogP contribution in [0.15, 0.2) is 43.0 Å². The number of aryl methyl sites for hydroxylation is 1. The van der Waals surface area contributed by atoms with Gasteiger partial charge in [-0.3, -0.25) is 0 Å². The van der Waals surface area contributed by atoms with Gasteiger partial charge in [0.2, 0.25) is 0 Å². The molecule has 4 rings (SSSR count). The van der Waals surface area contributed by atoms with E-state index in [1.165, 1.54) is 82.6 Å². The van der Waals surface area contributed by atoms with Crippen LogP contribution in [0.4, 0.5) is 4.39 Å². The number of halogens is 1. The second-order valence-electron chi connectivity index (χ2n) is 10.8. The summed E-state index contributed by atoms with van der Waals surface area (Å²) in [6.45, 7) is 6.06. The summed E-state index contributed by atoms with van der Waals surface area (Å²) in [6, 6.07) is 10.6. The maximum absolute atomic E-state index is 14.9. The van der Waals surface area contributed by atoms with Crippen molar-refractivity contribution < 1.29 is 4.39 Å². The lowest BCUT2D eigenvalue weighted by molar-refractivity contribution is 0.113. The first-order chi connectivity index (χ1) is 15.7. The second kappa shape index (κ2) is 11.5. The highest BCUT2D eigenvalue weighted by molar-refractivity contribution is 5.84. The van der Waals surface area contributed by atoms with E-state index in [1.54, 1.807) is 0 Å².